The molecule has 5 rings (SSSR count). The topological polar surface area (TPSA) is 119 Å². The normalized spacial score (nSPS) is 14.7. The van der Waals surface area contributed by atoms with Gasteiger partial charge in [-0.1, -0.05) is 69.0 Å². The van der Waals surface area contributed by atoms with E-state index in [0.717, 1.165) is 41.0 Å². The second-order valence-corrected chi connectivity index (χ2v) is 13.6. The van der Waals surface area contributed by atoms with Gasteiger partial charge in [0.1, 0.15) is 11.5 Å². The molecular weight excluding hydrogens is 642 g/mol. The van der Waals surface area contributed by atoms with Crippen LogP contribution in [0.2, 0.25) is 0 Å². The van der Waals surface area contributed by atoms with Crippen LogP contribution < -0.4 is 9.47 Å². The van der Waals surface area contributed by atoms with E-state index in [-0.39, 0.29) is 30.8 Å². The number of amides is 1. The third-order valence-electron chi connectivity index (χ3n) is 9.23. The number of carboxylic acid groups (broad SMARTS) is 1. The molecule has 268 valence electrons. The zero-order valence-electron chi connectivity index (χ0n) is 29.9. The molecule has 0 radical (unpaired) electrons. The Balaban J connectivity index is 1.22. The van der Waals surface area contributed by atoms with Gasteiger partial charge in [-0.2, -0.15) is 0 Å². The van der Waals surface area contributed by atoms with E-state index in [2.05, 4.69) is 16.9 Å². The molecule has 3 aromatic carbocycles. The van der Waals surface area contributed by atoms with Gasteiger partial charge in [-0.3, -0.25) is 14.4 Å². The smallest absolute Gasteiger partial charge is 0.308 e. The van der Waals surface area contributed by atoms with Crippen molar-refractivity contribution >= 4 is 17.7 Å². The zero-order chi connectivity index (χ0) is 36.2. The van der Waals surface area contributed by atoms with Crippen LogP contribution in [0.1, 0.15) is 81.6 Å². The number of nitrogens with zero attached hydrogens (tertiary/aromatic N) is 3. The Kier molecular flexibility index (Phi) is 13.3. The van der Waals surface area contributed by atoms with Crippen molar-refractivity contribution in [3.8, 4) is 34.0 Å². The fraction of sp³-hybridized carbons (Fsp3) is 0.405. The number of carbonyl (C=O) groups is 3. The first-order valence-corrected chi connectivity index (χ1v) is 18.2. The first kappa shape index (κ1) is 37.2. The van der Waals surface area contributed by atoms with Gasteiger partial charge in [0.05, 0.1) is 18.6 Å². The van der Waals surface area contributed by atoms with E-state index in [4.69, 9.17) is 9.47 Å². The number of unbranched alkanes of at least 4 members (excludes halogenated alkanes) is 4. The number of ketones is 1. The number of likely N-dealkylation sites (tertiary alicyclic amines) is 1. The number of aliphatic carboxylic acids is 1. The number of carbonyl (C=O) groups excluding carboxylic acids is 2. The predicted molar refractivity (Wildman–Crippen MR) is 198 cm³/mol. The Hall–Kier alpha value is -5.05. The Labute approximate surface area is 301 Å². The van der Waals surface area contributed by atoms with Gasteiger partial charge in [0.2, 0.25) is 5.91 Å². The first-order chi connectivity index (χ1) is 24.7. The number of hydrogen-bond acceptors (Lipinski definition) is 7. The monoisotopic (exact) mass is 691 g/mol. The van der Waals surface area contributed by atoms with Gasteiger partial charge in [0.25, 0.3) is 0 Å². The van der Waals surface area contributed by atoms with Crippen molar-refractivity contribution in [2.24, 2.45) is 11.8 Å². The zero-order valence-corrected chi connectivity index (χ0v) is 29.9. The summed E-state index contributed by atoms with van der Waals surface area (Å²) in [5.41, 5.74) is 4.13. The predicted octanol–water partition coefficient (Wildman–Crippen LogP) is 8.31. The first-order valence-electron chi connectivity index (χ1n) is 18.2. The summed E-state index contributed by atoms with van der Waals surface area (Å²) in [6, 6.07) is 22.7. The average Bonchev–Trinajstić information content (AvgIpc) is 3.64. The second kappa shape index (κ2) is 18.3. The van der Waals surface area contributed by atoms with Crippen LogP contribution in [-0.2, 0) is 16.0 Å². The van der Waals surface area contributed by atoms with Gasteiger partial charge in [-0.15, -0.1) is 0 Å². The molecule has 1 aliphatic rings. The molecule has 51 heavy (non-hydrogen) atoms. The van der Waals surface area contributed by atoms with E-state index in [1.807, 2.05) is 74.8 Å². The lowest BCUT2D eigenvalue weighted by atomic mass is 9.90. The molecule has 1 amide bonds. The maximum absolute atomic E-state index is 13.7. The van der Waals surface area contributed by atoms with Crippen LogP contribution in [0.5, 0.6) is 11.5 Å². The number of ether oxygens (including phenoxy) is 2. The molecule has 9 heteroatoms. The molecule has 0 unspecified atom stereocenters. The summed E-state index contributed by atoms with van der Waals surface area (Å²) >= 11 is 0. The van der Waals surface area contributed by atoms with Crippen molar-refractivity contribution in [1.29, 1.82) is 0 Å². The molecular formula is C42H49N3O6. The SMILES string of the molecule is CCCCCCCOc1ccc(-c2cnc(-c3ccc(C[C@H](CC(=O)c4ccc(OC(C)C)cc4)C(=O)N4CC[C@H](C(=O)O)C4)cc3)nc2)cc1. The minimum atomic E-state index is -0.904. The molecule has 2 atom stereocenters. The van der Waals surface area contributed by atoms with Crippen molar-refractivity contribution in [3.05, 3.63) is 96.3 Å². The van der Waals surface area contributed by atoms with Crippen molar-refractivity contribution in [1.82, 2.24) is 14.9 Å². The van der Waals surface area contributed by atoms with Crippen LogP contribution in [0.4, 0.5) is 0 Å². The maximum atomic E-state index is 13.7. The summed E-state index contributed by atoms with van der Waals surface area (Å²) in [7, 11) is 0. The van der Waals surface area contributed by atoms with Crippen LogP contribution in [0.25, 0.3) is 22.5 Å². The highest BCUT2D eigenvalue weighted by Gasteiger charge is 2.35. The Morgan fingerprint density at radius 2 is 1.47 bits per heavy atom. The van der Waals surface area contributed by atoms with Gasteiger partial charge in [-0.05, 0) is 80.6 Å². The summed E-state index contributed by atoms with van der Waals surface area (Å²) in [4.78, 5) is 49.6. The molecule has 1 N–H and O–H groups in total. The standard InChI is InChI=1S/C42H49N3O6/c1-4-5-6-7-8-23-50-37-17-13-31(14-18-37)36-26-43-40(44-27-36)33-11-9-30(10-12-33)24-35(41(47)45-22-21-34(28-45)42(48)49)25-39(46)32-15-19-38(20-16-32)51-29(2)3/h9-20,26-27,29,34-35H,4-8,21-25,28H2,1-3H3,(H,48,49)/t34-,35+/m0/s1. The summed E-state index contributed by atoms with van der Waals surface area (Å²) in [5.74, 6) is -0.367. The summed E-state index contributed by atoms with van der Waals surface area (Å²) in [5, 5.41) is 9.50. The van der Waals surface area contributed by atoms with E-state index in [1.165, 1.54) is 25.7 Å². The van der Waals surface area contributed by atoms with Crippen molar-refractivity contribution in [3.63, 3.8) is 0 Å². The Bertz CT molecular complexity index is 1720. The molecule has 0 aliphatic carbocycles. The molecule has 4 aromatic rings. The summed E-state index contributed by atoms with van der Waals surface area (Å²) in [6.45, 7) is 7.34. The largest absolute Gasteiger partial charge is 0.494 e. The van der Waals surface area contributed by atoms with E-state index in [0.29, 0.717) is 36.5 Å². The van der Waals surface area contributed by atoms with E-state index in [9.17, 15) is 19.5 Å². The molecule has 0 spiro atoms. The van der Waals surface area contributed by atoms with Crippen LogP contribution in [0.15, 0.2) is 85.2 Å². The molecule has 1 saturated heterocycles. The fourth-order valence-electron chi connectivity index (χ4n) is 6.34. The van der Waals surface area contributed by atoms with E-state index < -0.39 is 17.8 Å². The molecule has 2 heterocycles. The van der Waals surface area contributed by atoms with Crippen LogP contribution >= 0.6 is 0 Å². The third kappa shape index (κ3) is 10.7. The highest BCUT2D eigenvalue weighted by Crippen LogP contribution is 2.27. The van der Waals surface area contributed by atoms with Gasteiger partial charge < -0.3 is 19.5 Å². The molecule has 0 saturated carbocycles. The van der Waals surface area contributed by atoms with E-state index >= 15 is 0 Å². The highest BCUT2D eigenvalue weighted by atomic mass is 16.5. The van der Waals surface area contributed by atoms with Crippen LogP contribution in [0, 0.1) is 11.8 Å². The number of Topliss-reactive ketones (excluding diaryl/α,β-unsaturated/α-hetero) is 1. The van der Waals surface area contributed by atoms with Gasteiger partial charge in [0, 0.05) is 54.5 Å². The second-order valence-electron chi connectivity index (χ2n) is 13.6. The van der Waals surface area contributed by atoms with Gasteiger partial charge >= 0.3 is 5.97 Å². The van der Waals surface area contributed by atoms with E-state index in [1.54, 1.807) is 29.2 Å². The number of rotatable bonds is 18. The van der Waals surface area contributed by atoms with Crippen molar-refractivity contribution in [2.75, 3.05) is 19.7 Å². The average molecular weight is 692 g/mol. The highest BCUT2D eigenvalue weighted by molar-refractivity contribution is 5.99. The fourth-order valence-corrected chi connectivity index (χ4v) is 6.34. The summed E-state index contributed by atoms with van der Waals surface area (Å²) < 4.78 is 11.6. The lowest BCUT2D eigenvalue weighted by Gasteiger charge is -2.23. The van der Waals surface area contributed by atoms with Crippen LogP contribution in [0.3, 0.4) is 0 Å². The summed E-state index contributed by atoms with van der Waals surface area (Å²) in [6.07, 6.45) is 10.4. The molecule has 1 aromatic heterocycles. The quantitative estimate of drug-likeness (QED) is 0.0818. The number of benzene rings is 3. The number of carboxylic acids is 1. The Morgan fingerprint density at radius 1 is 0.824 bits per heavy atom. The Morgan fingerprint density at radius 3 is 2.10 bits per heavy atom. The lowest BCUT2D eigenvalue weighted by molar-refractivity contribution is -0.141. The number of aromatic nitrogens is 2. The molecule has 1 aliphatic heterocycles. The van der Waals surface area contributed by atoms with Crippen LogP contribution in [-0.4, -0.2) is 63.4 Å². The molecule has 1 fully saturated rings. The number of hydrogen-bond donors (Lipinski definition) is 1. The minimum absolute atomic E-state index is 0.00985. The lowest BCUT2D eigenvalue weighted by Crippen LogP contribution is -2.37. The maximum Gasteiger partial charge on any atom is 0.308 e. The van der Waals surface area contributed by atoms with Gasteiger partial charge in [0.15, 0.2) is 11.6 Å². The van der Waals surface area contributed by atoms with Crippen molar-refractivity contribution < 1.29 is 29.0 Å². The van der Waals surface area contributed by atoms with Gasteiger partial charge in [-0.25, -0.2) is 9.97 Å². The third-order valence-corrected chi connectivity index (χ3v) is 9.23. The van der Waals surface area contributed by atoms with Crippen molar-refractivity contribution in [2.45, 2.75) is 78.2 Å². The minimum Gasteiger partial charge on any atom is -0.494 e. The molecule has 9 nitrogen and oxygen atoms in total. The molecule has 0 bridgehead atoms.